The average molecular weight is 389 g/mol. The first-order valence-electron chi connectivity index (χ1n) is 6.76. The molecule has 0 atom stereocenters. The van der Waals surface area contributed by atoms with Gasteiger partial charge in [0.15, 0.2) is 0 Å². The van der Waals surface area contributed by atoms with E-state index in [0.717, 1.165) is 10.0 Å². The Bertz CT molecular complexity index is 858. The summed E-state index contributed by atoms with van der Waals surface area (Å²) in [5, 5.41) is 4.66. The highest BCUT2D eigenvalue weighted by Gasteiger charge is 2.15. The summed E-state index contributed by atoms with van der Waals surface area (Å²) in [5.74, 6) is -0.160. The highest BCUT2D eigenvalue weighted by Crippen LogP contribution is 2.20. The van der Waals surface area contributed by atoms with E-state index in [0.29, 0.717) is 16.3 Å². The molecule has 6 heteroatoms. The first kappa shape index (κ1) is 15.6. The molecule has 0 fully saturated rings. The molecule has 0 unspecified atom stereocenters. The first-order chi connectivity index (χ1) is 11.1. The van der Waals surface area contributed by atoms with E-state index in [1.807, 2.05) is 24.3 Å². The standard InChI is InChI=1S/C17H11BrClN3O/c18-14-3-1-2-12(8-14)9-16(22-11-20-10-21-22)17(23)13-4-6-15(19)7-5-13/h1-11H/b16-9+. The second-order valence-corrected chi connectivity index (χ2v) is 6.11. The minimum absolute atomic E-state index is 0.160. The smallest absolute Gasteiger partial charge is 0.211 e. The van der Waals surface area contributed by atoms with Crippen LogP contribution in [0.5, 0.6) is 0 Å². The number of aromatic nitrogens is 3. The highest BCUT2D eigenvalue weighted by atomic mass is 79.9. The zero-order valence-electron chi connectivity index (χ0n) is 11.9. The number of nitrogens with zero attached hydrogens (tertiary/aromatic N) is 3. The van der Waals surface area contributed by atoms with E-state index in [2.05, 4.69) is 26.0 Å². The number of allylic oxidation sites excluding steroid dienone is 1. The molecule has 2 aromatic carbocycles. The minimum Gasteiger partial charge on any atom is -0.287 e. The van der Waals surface area contributed by atoms with Gasteiger partial charge in [-0.2, -0.15) is 5.10 Å². The lowest BCUT2D eigenvalue weighted by atomic mass is 10.1. The second kappa shape index (κ2) is 6.89. The Hall–Kier alpha value is -2.24. The maximum Gasteiger partial charge on any atom is 0.211 e. The predicted molar refractivity (Wildman–Crippen MR) is 94.1 cm³/mol. The van der Waals surface area contributed by atoms with Crippen LogP contribution in [0.25, 0.3) is 11.8 Å². The number of Topliss-reactive ketones (excluding diaryl/α,β-unsaturated/α-hetero) is 1. The molecule has 23 heavy (non-hydrogen) atoms. The zero-order valence-corrected chi connectivity index (χ0v) is 14.2. The van der Waals surface area contributed by atoms with Crippen LogP contribution < -0.4 is 0 Å². The quantitative estimate of drug-likeness (QED) is 0.486. The fraction of sp³-hybridized carbons (Fsp3) is 0. The number of rotatable bonds is 4. The van der Waals surface area contributed by atoms with Gasteiger partial charge in [-0.25, -0.2) is 9.67 Å². The maximum atomic E-state index is 12.8. The highest BCUT2D eigenvalue weighted by molar-refractivity contribution is 9.10. The molecule has 0 N–H and O–H groups in total. The molecule has 1 aromatic heterocycles. The number of carbonyl (C=O) groups is 1. The minimum atomic E-state index is -0.160. The van der Waals surface area contributed by atoms with Gasteiger partial charge in [0.25, 0.3) is 0 Å². The Morgan fingerprint density at radius 2 is 1.96 bits per heavy atom. The summed E-state index contributed by atoms with van der Waals surface area (Å²) in [6.45, 7) is 0. The van der Waals surface area contributed by atoms with E-state index in [1.165, 1.54) is 17.3 Å². The van der Waals surface area contributed by atoms with Gasteiger partial charge in [-0.05, 0) is 48.0 Å². The summed E-state index contributed by atoms with van der Waals surface area (Å²) in [5.41, 5.74) is 1.82. The molecular weight excluding hydrogens is 378 g/mol. The van der Waals surface area contributed by atoms with Gasteiger partial charge in [-0.3, -0.25) is 4.79 Å². The SMILES string of the molecule is O=C(/C(=C\c1cccc(Br)c1)n1cncn1)c1ccc(Cl)cc1. The van der Waals surface area contributed by atoms with Gasteiger partial charge in [-0.1, -0.05) is 39.7 Å². The second-order valence-electron chi connectivity index (χ2n) is 4.76. The summed E-state index contributed by atoms with van der Waals surface area (Å²) in [4.78, 5) is 16.8. The molecule has 3 aromatic rings. The van der Waals surface area contributed by atoms with Crippen molar-refractivity contribution in [2.75, 3.05) is 0 Å². The van der Waals surface area contributed by atoms with E-state index < -0.39 is 0 Å². The molecule has 0 aliphatic heterocycles. The van der Waals surface area contributed by atoms with Crippen molar-refractivity contribution in [3.05, 3.63) is 81.8 Å². The van der Waals surface area contributed by atoms with Crippen molar-refractivity contribution in [1.29, 1.82) is 0 Å². The lowest BCUT2D eigenvalue weighted by Crippen LogP contribution is -2.10. The van der Waals surface area contributed by atoms with Gasteiger partial charge in [0.1, 0.15) is 18.4 Å². The molecule has 4 nitrogen and oxygen atoms in total. The monoisotopic (exact) mass is 387 g/mol. The van der Waals surface area contributed by atoms with E-state index in [9.17, 15) is 4.79 Å². The van der Waals surface area contributed by atoms with Gasteiger partial charge in [-0.15, -0.1) is 0 Å². The lowest BCUT2D eigenvalue weighted by Gasteiger charge is -2.07. The molecule has 0 aliphatic carbocycles. The first-order valence-corrected chi connectivity index (χ1v) is 7.93. The van der Waals surface area contributed by atoms with Crippen LogP contribution in [0.1, 0.15) is 15.9 Å². The third-order valence-corrected chi connectivity index (χ3v) is 3.90. The van der Waals surface area contributed by atoms with Crippen LogP contribution in [0.2, 0.25) is 5.02 Å². The van der Waals surface area contributed by atoms with Gasteiger partial charge < -0.3 is 0 Å². The molecule has 1 heterocycles. The third kappa shape index (κ3) is 3.75. The number of benzene rings is 2. The van der Waals surface area contributed by atoms with Gasteiger partial charge in [0, 0.05) is 15.1 Å². The van der Waals surface area contributed by atoms with Crippen LogP contribution in [0, 0.1) is 0 Å². The Kier molecular flexibility index (Phi) is 4.69. The molecule has 0 spiro atoms. The molecule has 114 valence electrons. The van der Waals surface area contributed by atoms with Crippen molar-refractivity contribution in [2.24, 2.45) is 0 Å². The number of hydrogen-bond acceptors (Lipinski definition) is 3. The van der Waals surface area contributed by atoms with Crippen molar-refractivity contribution in [3.63, 3.8) is 0 Å². The van der Waals surface area contributed by atoms with Gasteiger partial charge in [0.05, 0.1) is 0 Å². The summed E-state index contributed by atoms with van der Waals surface area (Å²) in [7, 11) is 0. The number of carbonyl (C=O) groups excluding carboxylic acids is 1. The number of halogens is 2. The molecular formula is C17H11BrClN3O. The van der Waals surface area contributed by atoms with Crippen LogP contribution in [0.15, 0.2) is 65.7 Å². The fourth-order valence-electron chi connectivity index (χ4n) is 2.07. The third-order valence-electron chi connectivity index (χ3n) is 3.16. The normalized spacial score (nSPS) is 11.5. The van der Waals surface area contributed by atoms with Gasteiger partial charge in [0.2, 0.25) is 5.78 Å². The summed E-state index contributed by atoms with van der Waals surface area (Å²) < 4.78 is 2.39. The average Bonchev–Trinajstić information content (AvgIpc) is 3.07. The van der Waals surface area contributed by atoms with E-state index in [-0.39, 0.29) is 5.78 Å². The van der Waals surface area contributed by atoms with Crippen LogP contribution >= 0.6 is 27.5 Å². The zero-order chi connectivity index (χ0) is 16.2. The lowest BCUT2D eigenvalue weighted by molar-refractivity contribution is 0.105. The van der Waals surface area contributed by atoms with E-state index in [1.54, 1.807) is 30.3 Å². The maximum absolute atomic E-state index is 12.8. The molecule has 0 saturated carbocycles. The largest absolute Gasteiger partial charge is 0.287 e. The van der Waals surface area contributed by atoms with Crippen molar-refractivity contribution < 1.29 is 4.79 Å². The Morgan fingerprint density at radius 3 is 2.61 bits per heavy atom. The number of hydrogen-bond donors (Lipinski definition) is 0. The summed E-state index contributed by atoms with van der Waals surface area (Å²) in [6.07, 6.45) is 4.66. The topological polar surface area (TPSA) is 47.8 Å². The molecule has 0 bridgehead atoms. The van der Waals surface area contributed by atoms with E-state index in [4.69, 9.17) is 11.6 Å². The van der Waals surface area contributed by atoms with Crippen LogP contribution in [-0.2, 0) is 0 Å². The fourth-order valence-corrected chi connectivity index (χ4v) is 2.61. The molecule has 0 aliphatic rings. The van der Waals surface area contributed by atoms with E-state index >= 15 is 0 Å². The van der Waals surface area contributed by atoms with Crippen molar-refractivity contribution in [2.45, 2.75) is 0 Å². The Balaban J connectivity index is 2.06. The molecule has 0 amide bonds. The van der Waals surface area contributed by atoms with Crippen molar-refractivity contribution in [3.8, 4) is 0 Å². The van der Waals surface area contributed by atoms with Crippen molar-refractivity contribution in [1.82, 2.24) is 14.8 Å². The van der Waals surface area contributed by atoms with Crippen LogP contribution in [0.3, 0.4) is 0 Å². The van der Waals surface area contributed by atoms with Crippen LogP contribution in [-0.4, -0.2) is 20.5 Å². The molecule has 3 rings (SSSR count). The number of ketones is 1. The summed E-state index contributed by atoms with van der Waals surface area (Å²) >= 11 is 9.31. The Labute approximate surface area is 146 Å². The molecule has 0 radical (unpaired) electrons. The molecule has 0 saturated heterocycles. The van der Waals surface area contributed by atoms with Crippen molar-refractivity contribution >= 4 is 45.1 Å². The summed E-state index contributed by atoms with van der Waals surface area (Å²) in [6, 6.07) is 14.4. The van der Waals surface area contributed by atoms with Gasteiger partial charge >= 0.3 is 0 Å². The predicted octanol–water partition coefficient (Wildman–Crippen LogP) is 4.58. The van der Waals surface area contributed by atoms with Crippen LogP contribution in [0.4, 0.5) is 0 Å². The Morgan fingerprint density at radius 1 is 1.17 bits per heavy atom.